The van der Waals surface area contributed by atoms with Gasteiger partial charge in [0.2, 0.25) is 5.65 Å². The first-order chi connectivity index (χ1) is 10.4. The van der Waals surface area contributed by atoms with E-state index in [0.717, 1.165) is 18.5 Å². The van der Waals surface area contributed by atoms with E-state index in [-0.39, 0.29) is 22.6 Å². The monoisotopic (exact) mass is 303 g/mol. The van der Waals surface area contributed by atoms with Gasteiger partial charge < -0.3 is 14.6 Å². The summed E-state index contributed by atoms with van der Waals surface area (Å²) in [6.07, 6.45) is 5.25. The Labute approximate surface area is 126 Å². The van der Waals surface area contributed by atoms with Gasteiger partial charge in [-0.05, 0) is 26.7 Å². The molecule has 2 aromatic heterocycles. The van der Waals surface area contributed by atoms with Gasteiger partial charge in [0.25, 0.3) is 5.88 Å². The number of carboxylic acid groups (broad SMARTS) is 1. The van der Waals surface area contributed by atoms with E-state index in [2.05, 4.69) is 16.9 Å². The second-order valence-corrected chi connectivity index (χ2v) is 6.40. The largest absolute Gasteiger partial charge is 0.476 e. The lowest BCUT2D eigenvalue weighted by molar-refractivity contribution is 0.0154. The summed E-state index contributed by atoms with van der Waals surface area (Å²) in [4.78, 5) is 19.9. The van der Waals surface area contributed by atoms with Crippen LogP contribution < -0.4 is 4.74 Å². The first-order valence-corrected chi connectivity index (χ1v) is 7.35. The molecule has 0 aromatic carbocycles. The van der Waals surface area contributed by atoms with Crippen LogP contribution >= 0.6 is 0 Å². The van der Waals surface area contributed by atoms with Gasteiger partial charge in [-0.3, -0.25) is 4.40 Å². The van der Waals surface area contributed by atoms with Gasteiger partial charge >= 0.3 is 5.97 Å². The van der Waals surface area contributed by atoms with Crippen molar-refractivity contribution in [1.82, 2.24) is 14.4 Å². The fourth-order valence-corrected chi connectivity index (χ4v) is 3.71. The van der Waals surface area contributed by atoms with Crippen LogP contribution in [0.5, 0.6) is 5.88 Å². The van der Waals surface area contributed by atoms with E-state index in [9.17, 15) is 9.90 Å². The summed E-state index contributed by atoms with van der Waals surface area (Å²) in [5.74, 6) is -0.831. The average molecular weight is 303 g/mol. The van der Waals surface area contributed by atoms with Crippen LogP contribution in [0.25, 0.3) is 5.65 Å². The molecular formula is C15H17N3O4. The van der Waals surface area contributed by atoms with E-state index in [4.69, 9.17) is 9.47 Å². The summed E-state index contributed by atoms with van der Waals surface area (Å²) in [5, 5.41) is 9.18. The van der Waals surface area contributed by atoms with Gasteiger partial charge in [-0.1, -0.05) is 0 Å². The third-order valence-electron chi connectivity index (χ3n) is 4.57. The second-order valence-electron chi connectivity index (χ2n) is 6.40. The number of fused-ring (bicyclic) bond motifs is 2. The van der Waals surface area contributed by atoms with E-state index in [1.807, 2.05) is 13.1 Å². The van der Waals surface area contributed by atoms with Crippen molar-refractivity contribution in [3.8, 4) is 5.88 Å². The Kier molecular flexibility index (Phi) is 2.57. The van der Waals surface area contributed by atoms with Crippen LogP contribution in [0.3, 0.4) is 0 Å². The number of imidazole rings is 1. The van der Waals surface area contributed by atoms with Gasteiger partial charge in [0.15, 0.2) is 5.69 Å². The number of carboxylic acids is 1. The average Bonchev–Trinajstić information content (AvgIpc) is 3.08. The predicted molar refractivity (Wildman–Crippen MR) is 76.4 cm³/mol. The van der Waals surface area contributed by atoms with Gasteiger partial charge in [-0.15, -0.1) is 0 Å². The fraction of sp³-hybridized carbons (Fsp3) is 0.533. The Morgan fingerprint density at radius 3 is 2.82 bits per heavy atom. The zero-order chi connectivity index (χ0) is 15.5. The number of hydrogen-bond donors (Lipinski definition) is 1. The highest BCUT2D eigenvalue weighted by Crippen LogP contribution is 2.58. The molecule has 116 valence electrons. The highest BCUT2D eigenvalue weighted by molar-refractivity contribution is 5.85. The molecule has 2 bridgehead atoms. The minimum atomic E-state index is -1.09. The maximum atomic E-state index is 11.2. The van der Waals surface area contributed by atoms with Crippen molar-refractivity contribution in [3.05, 3.63) is 23.8 Å². The molecular weight excluding hydrogens is 286 g/mol. The number of ether oxygens (including phenoxy) is 2. The Hall–Kier alpha value is -2.15. The zero-order valence-corrected chi connectivity index (χ0v) is 12.5. The summed E-state index contributed by atoms with van der Waals surface area (Å²) < 4.78 is 13.0. The highest BCUT2D eigenvalue weighted by Gasteiger charge is 2.61. The van der Waals surface area contributed by atoms with Crippen LogP contribution in [0.15, 0.2) is 12.4 Å². The Morgan fingerprint density at radius 1 is 1.45 bits per heavy atom. The first kappa shape index (κ1) is 13.5. The van der Waals surface area contributed by atoms with E-state index in [1.165, 1.54) is 6.20 Å². The van der Waals surface area contributed by atoms with Crippen LogP contribution in [0, 0.1) is 0 Å². The molecule has 0 spiro atoms. The molecule has 7 heteroatoms. The number of nitrogens with zero attached hydrogens (tertiary/aromatic N) is 3. The van der Waals surface area contributed by atoms with Crippen molar-refractivity contribution in [2.24, 2.45) is 0 Å². The van der Waals surface area contributed by atoms with E-state index >= 15 is 0 Å². The van der Waals surface area contributed by atoms with Gasteiger partial charge in [-0.2, -0.15) is 0 Å². The van der Waals surface area contributed by atoms with Crippen LogP contribution in [-0.2, 0) is 10.2 Å². The third-order valence-corrected chi connectivity index (χ3v) is 4.57. The smallest absolute Gasteiger partial charge is 0.356 e. The summed E-state index contributed by atoms with van der Waals surface area (Å²) >= 11 is 0. The van der Waals surface area contributed by atoms with Gasteiger partial charge in [0.05, 0.1) is 24.5 Å². The maximum absolute atomic E-state index is 11.2. The molecule has 0 radical (unpaired) electrons. The Morgan fingerprint density at radius 2 is 2.23 bits per heavy atom. The van der Waals surface area contributed by atoms with Gasteiger partial charge in [0.1, 0.15) is 0 Å². The SMILES string of the molecule is CCOc1nc(C(=O)O)cn2cc(C34COC(C)(C3)C4)nc12. The minimum Gasteiger partial charge on any atom is -0.476 e. The summed E-state index contributed by atoms with van der Waals surface area (Å²) in [6, 6.07) is 0. The van der Waals surface area contributed by atoms with Crippen molar-refractivity contribution in [2.45, 2.75) is 37.7 Å². The number of aromatic carboxylic acids is 1. The third kappa shape index (κ3) is 1.75. The molecule has 1 N–H and O–H groups in total. The van der Waals surface area contributed by atoms with Crippen LogP contribution in [-0.4, -0.2) is 44.3 Å². The van der Waals surface area contributed by atoms with E-state index < -0.39 is 5.97 Å². The number of aromatic nitrogens is 3. The summed E-state index contributed by atoms with van der Waals surface area (Å²) in [7, 11) is 0. The molecule has 2 aromatic rings. The van der Waals surface area contributed by atoms with Crippen LogP contribution in [0.2, 0.25) is 0 Å². The molecule has 22 heavy (non-hydrogen) atoms. The molecule has 4 heterocycles. The molecule has 2 saturated heterocycles. The van der Waals surface area contributed by atoms with Gasteiger partial charge in [0, 0.05) is 17.8 Å². The highest BCUT2D eigenvalue weighted by atomic mass is 16.5. The second kappa shape index (κ2) is 4.19. The minimum absolute atomic E-state index is 0.0248. The standard InChI is InChI=1S/C15H17N3O4/c1-3-21-12-11-17-10(15-6-14(2,7-15)22-8-15)5-18(11)4-9(16-12)13(19)20/h4-5H,3,6-8H2,1-2H3,(H,19,20). The maximum Gasteiger partial charge on any atom is 0.356 e. The molecule has 2 aliphatic heterocycles. The topological polar surface area (TPSA) is 86.0 Å². The molecule has 5 rings (SSSR count). The first-order valence-electron chi connectivity index (χ1n) is 7.35. The molecule has 0 amide bonds. The number of carbonyl (C=O) groups is 1. The van der Waals surface area contributed by atoms with E-state index in [1.54, 1.807) is 4.40 Å². The van der Waals surface area contributed by atoms with Crippen molar-refractivity contribution in [1.29, 1.82) is 0 Å². The molecule has 3 aliphatic rings. The molecule has 0 atom stereocenters. The lowest BCUT2D eigenvalue weighted by Gasteiger charge is -2.41. The van der Waals surface area contributed by atoms with Crippen molar-refractivity contribution in [2.75, 3.05) is 13.2 Å². The Balaban J connectivity index is 1.83. The zero-order valence-electron chi connectivity index (χ0n) is 12.5. The molecule has 1 saturated carbocycles. The quantitative estimate of drug-likeness (QED) is 0.924. The number of hydrogen-bond acceptors (Lipinski definition) is 5. The van der Waals surface area contributed by atoms with Crippen molar-refractivity contribution < 1.29 is 19.4 Å². The molecule has 1 aliphatic carbocycles. The summed E-state index contributed by atoms with van der Waals surface area (Å²) in [5.41, 5.74) is 1.35. The lowest BCUT2D eigenvalue weighted by Crippen LogP contribution is -2.45. The van der Waals surface area contributed by atoms with Crippen molar-refractivity contribution in [3.63, 3.8) is 0 Å². The molecule has 0 unspecified atom stereocenters. The molecule has 7 nitrogen and oxygen atoms in total. The number of rotatable bonds is 4. The van der Waals surface area contributed by atoms with Crippen LogP contribution in [0.4, 0.5) is 0 Å². The van der Waals surface area contributed by atoms with Crippen molar-refractivity contribution >= 4 is 11.6 Å². The lowest BCUT2D eigenvalue weighted by atomic mass is 9.62. The normalized spacial score (nSPS) is 29.5. The predicted octanol–water partition coefficient (Wildman–Crippen LogP) is 1.65. The van der Waals surface area contributed by atoms with E-state index in [0.29, 0.717) is 18.9 Å². The fourth-order valence-electron chi connectivity index (χ4n) is 3.71. The van der Waals surface area contributed by atoms with Gasteiger partial charge in [-0.25, -0.2) is 14.8 Å². The molecule has 3 fully saturated rings. The summed E-state index contributed by atoms with van der Waals surface area (Å²) in [6.45, 7) is 5.01. The van der Waals surface area contributed by atoms with Crippen LogP contribution in [0.1, 0.15) is 42.9 Å². The Bertz CT molecular complexity index is 776.